The van der Waals surface area contributed by atoms with E-state index in [0.29, 0.717) is 25.7 Å². The topological polar surface area (TPSA) is 240 Å². The van der Waals surface area contributed by atoms with Gasteiger partial charge in [0.15, 0.2) is 0 Å². The van der Waals surface area contributed by atoms with Gasteiger partial charge in [0.1, 0.15) is 36.3 Å². The fourth-order valence-electron chi connectivity index (χ4n) is 7.35. The van der Waals surface area contributed by atoms with Gasteiger partial charge in [-0.25, -0.2) is 9.59 Å². The molecule has 7 amide bonds. The normalized spacial score (nSPS) is 22.8. The molecule has 2 aromatic carbocycles. The van der Waals surface area contributed by atoms with Crippen LogP contribution in [-0.4, -0.2) is 94.4 Å². The summed E-state index contributed by atoms with van der Waals surface area (Å²) in [4.78, 5) is 99.2. The van der Waals surface area contributed by atoms with Gasteiger partial charge >= 0.3 is 12.0 Å². The van der Waals surface area contributed by atoms with Crippen LogP contribution in [0.4, 0.5) is 4.79 Å². The summed E-state index contributed by atoms with van der Waals surface area (Å²) in [5, 5.41) is 30.1. The molecule has 332 valence electrons. The number of aliphatic carboxylic acids is 1. The molecule has 1 aromatic heterocycles. The molecule has 3 unspecified atom stereocenters. The number of rotatable bonds is 13. The molecule has 1 aliphatic rings. The lowest BCUT2D eigenvalue weighted by Crippen LogP contribution is -2.61. The van der Waals surface area contributed by atoms with E-state index < -0.39 is 89.6 Å². The standard InChI is InChI=1S/C45H64N8O8/c1-7-27(5)37-43(58)50-34(22-26(3)4)41(56)49-36(24-30-25-47-32-19-13-12-18-31(30)32)42(57)48-35(23-29-16-10-9-11-17-29)39(54)46-21-15-14-20-33(40(55)52-37)51-45(61)53-38(44(59)60)28(6)8-2/h9-13,16-19,25-28,33-38,47H,7-8,14-15,20-24H2,1-6H3,(H,46,54)(H,48,57)(H,49,56)(H,50,58)(H,52,55)(H,59,60)(H2,51,53,61)/t27?,28?,33?,34-,35-,36-,37-,38-/m0/s1. The van der Waals surface area contributed by atoms with Crippen molar-refractivity contribution < 1.29 is 38.7 Å². The first-order valence-corrected chi connectivity index (χ1v) is 21.5. The highest BCUT2D eigenvalue weighted by atomic mass is 16.4. The Morgan fingerprint density at radius 3 is 2.03 bits per heavy atom. The Hall–Kier alpha value is -5.93. The molecule has 61 heavy (non-hydrogen) atoms. The van der Waals surface area contributed by atoms with Crippen LogP contribution in [0.3, 0.4) is 0 Å². The van der Waals surface area contributed by atoms with Gasteiger partial charge < -0.3 is 47.3 Å². The number of amides is 7. The number of aromatic amines is 1. The Balaban J connectivity index is 1.71. The summed E-state index contributed by atoms with van der Waals surface area (Å²) in [7, 11) is 0. The molecule has 0 saturated carbocycles. The number of carboxylic acid groups (broad SMARTS) is 1. The fraction of sp³-hybridized carbons (Fsp3) is 0.533. The van der Waals surface area contributed by atoms with Crippen LogP contribution < -0.4 is 37.2 Å². The second-order valence-corrected chi connectivity index (χ2v) is 16.6. The number of fused-ring (bicyclic) bond motifs is 1. The molecule has 0 radical (unpaired) electrons. The number of carbonyl (C=O) groups is 7. The van der Waals surface area contributed by atoms with Crippen molar-refractivity contribution in [3.05, 3.63) is 71.9 Å². The molecule has 1 aliphatic heterocycles. The number of urea groups is 1. The first-order chi connectivity index (χ1) is 29.1. The molecule has 4 rings (SSSR count). The molecule has 2 heterocycles. The largest absolute Gasteiger partial charge is 0.480 e. The second kappa shape index (κ2) is 23.2. The van der Waals surface area contributed by atoms with Crippen molar-refractivity contribution >= 4 is 52.4 Å². The maximum absolute atomic E-state index is 14.4. The van der Waals surface area contributed by atoms with Gasteiger partial charge in [0.05, 0.1) is 0 Å². The SMILES string of the molecule is CCC(C)[C@H](NC(=O)NC1CCCCNC(=O)[C@H](Cc2ccccc2)NC(=O)[C@H](Cc2c[nH]c3ccccc23)NC(=O)[C@H](CC(C)C)NC(=O)[C@H](C(C)CC)NC1=O)C(=O)O. The third-order valence-electron chi connectivity index (χ3n) is 11.4. The van der Waals surface area contributed by atoms with Crippen LogP contribution in [0.1, 0.15) is 91.2 Å². The van der Waals surface area contributed by atoms with Crippen LogP contribution in [0, 0.1) is 17.8 Å². The van der Waals surface area contributed by atoms with Crippen LogP contribution in [0.15, 0.2) is 60.8 Å². The molecule has 1 fully saturated rings. The van der Waals surface area contributed by atoms with Gasteiger partial charge in [0.25, 0.3) is 0 Å². The predicted octanol–water partition coefficient (Wildman–Crippen LogP) is 3.45. The Morgan fingerprint density at radius 1 is 0.738 bits per heavy atom. The lowest BCUT2D eigenvalue weighted by atomic mass is 9.95. The summed E-state index contributed by atoms with van der Waals surface area (Å²) < 4.78 is 0. The zero-order chi connectivity index (χ0) is 44.6. The molecular weight excluding hydrogens is 781 g/mol. The Labute approximate surface area is 357 Å². The molecule has 0 bridgehead atoms. The van der Waals surface area contributed by atoms with Crippen LogP contribution in [0.2, 0.25) is 0 Å². The van der Waals surface area contributed by atoms with E-state index in [2.05, 4.69) is 42.2 Å². The Bertz CT molecular complexity index is 1970. The molecule has 16 nitrogen and oxygen atoms in total. The van der Waals surface area contributed by atoms with Crippen LogP contribution in [0.5, 0.6) is 0 Å². The molecule has 0 aliphatic carbocycles. The Kier molecular flexibility index (Phi) is 18.1. The number of nitrogens with one attached hydrogen (secondary N) is 8. The van der Waals surface area contributed by atoms with E-state index in [1.165, 1.54) is 0 Å². The summed E-state index contributed by atoms with van der Waals surface area (Å²) in [6.07, 6.45) is 3.96. The van der Waals surface area contributed by atoms with Crippen molar-refractivity contribution in [1.82, 2.24) is 42.2 Å². The van der Waals surface area contributed by atoms with E-state index >= 15 is 0 Å². The van der Waals surface area contributed by atoms with Crippen molar-refractivity contribution in [2.24, 2.45) is 17.8 Å². The van der Waals surface area contributed by atoms with E-state index in [-0.39, 0.29) is 38.1 Å². The first-order valence-electron chi connectivity index (χ1n) is 21.5. The second-order valence-electron chi connectivity index (χ2n) is 16.6. The van der Waals surface area contributed by atoms with Crippen LogP contribution in [-0.2, 0) is 41.6 Å². The lowest BCUT2D eigenvalue weighted by Gasteiger charge is -2.30. The summed E-state index contributed by atoms with van der Waals surface area (Å²) in [6.45, 7) is 11.1. The number of benzene rings is 2. The van der Waals surface area contributed by atoms with Crippen LogP contribution in [0.25, 0.3) is 10.9 Å². The van der Waals surface area contributed by atoms with E-state index in [9.17, 15) is 38.7 Å². The van der Waals surface area contributed by atoms with Crippen molar-refractivity contribution in [2.75, 3.05) is 6.54 Å². The highest BCUT2D eigenvalue weighted by molar-refractivity contribution is 5.97. The summed E-state index contributed by atoms with van der Waals surface area (Å²) in [6, 6.07) is 9.11. The van der Waals surface area contributed by atoms with Crippen molar-refractivity contribution in [1.29, 1.82) is 0 Å². The minimum Gasteiger partial charge on any atom is -0.480 e. The zero-order valence-electron chi connectivity index (χ0n) is 36.1. The number of H-pyrrole nitrogens is 1. The molecule has 16 heteroatoms. The average molecular weight is 845 g/mol. The summed E-state index contributed by atoms with van der Waals surface area (Å²) in [5.41, 5.74) is 2.40. The lowest BCUT2D eigenvalue weighted by molar-refractivity contribution is -0.140. The van der Waals surface area contributed by atoms with E-state index in [1.54, 1.807) is 27.0 Å². The monoisotopic (exact) mass is 844 g/mol. The number of carbonyl (C=O) groups excluding carboxylic acids is 6. The number of hydrogen-bond donors (Lipinski definition) is 9. The minimum atomic E-state index is -1.22. The maximum atomic E-state index is 14.4. The third-order valence-corrected chi connectivity index (χ3v) is 11.4. The quantitative estimate of drug-likeness (QED) is 0.123. The van der Waals surface area contributed by atoms with Gasteiger partial charge in [-0.15, -0.1) is 0 Å². The molecular formula is C45H64N8O8. The Morgan fingerprint density at radius 2 is 1.38 bits per heavy atom. The number of hydrogen-bond acceptors (Lipinski definition) is 7. The third kappa shape index (κ3) is 14.1. The van der Waals surface area contributed by atoms with Gasteiger partial charge in [-0.05, 0) is 60.6 Å². The molecule has 3 aromatic rings. The highest BCUT2D eigenvalue weighted by Crippen LogP contribution is 2.20. The van der Waals surface area contributed by atoms with Gasteiger partial charge in [0.2, 0.25) is 29.5 Å². The van der Waals surface area contributed by atoms with E-state index in [0.717, 1.165) is 22.0 Å². The van der Waals surface area contributed by atoms with Gasteiger partial charge in [-0.1, -0.05) is 103 Å². The predicted molar refractivity (Wildman–Crippen MR) is 232 cm³/mol. The van der Waals surface area contributed by atoms with Crippen molar-refractivity contribution in [2.45, 2.75) is 129 Å². The van der Waals surface area contributed by atoms with Crippen molar-refractivity contribution in [3.8, 4) is 0 Å². The minimum absolute atomic E-state index is 0.0711. The number of para-hydroxylation sites is 1. The average Bonchev–Trinajstić information content (AvgIpc) is 3.64. The molecule has 8 atom stereocenters. The van der Waals surface area contributed by atoms with Gasteiger partial charge in [-0.3, -0.25) is 24.0 Å². The molecule has 9 N–H and O–H groups in total. The maximum Gasteiger partial charge on any atom is 0.326 e. The molecule has 1 saturated heterocycles. The number of carboxylic acids is 1. The number of aromatic nitrogens is 1. The fourth-order valence-corrected chi connectivity index (χ4v) is 7.35. The molecule has 0 spiro atoms. The summed E-state index contributed by atoms with van der Waals surface area (Å²) >= 11 is 0. The van der Waals surface area contributed by atoms with Gasteiger partial charge in [-0.2, -0.15) is 0 Å². The zero-order valence-corrected chi connectivity index (χ0v) is 36.1. The van der Waals surface area contributed by atoms with Gasteiger partial charge in [0, 0.05) is 36.5 Å². The van der Waals surface area contributed by atoms with Crippen molar-refractivity contribution in [3.63, 3.8) is 0 Å². The van der Waals surface area contributed by atoms with E-state index in [4.69, 9.17) is 0 Å². The highest BCUT2D eigenvalue weighted by Gasteiger charge is 2.35. The van der Waals surface area contributed by atoms with Crippen LogP contribution >= 0.6 is 0 Å². The van der Waals surface area contributed by atoms with E-state index in [1.807, 2.05) is 75.4 Å². The smallest absolute Gasteiger partial charge is 0.326 e. The first kappa shape index (κ1) is 47.7. The summed E-state index contributed by atoms with van der Waals surface area (Å²) in [5.74, 6) is -5.06.